The average Bonchev–Trinajstić information content (AvgIpc) is 2.93. The highest BCUT2D eigenvalue weighted by atomic mass is 35.5. The van der Waals surface area contributed by atoms with Gasteiger partial charge in [0.15, 0.2) is 0 Å². The Bertz CT molecular complexity index is 919. The molecule has 5 nitrogen and oxygen atoms in total. The lowest BCUT2D eigenvalue weighted by Gasteiger charge is -2.23. The maximum Gasteiger partial charge on any atom is 0.307 e. The highest BCUT2D eigenvalue weighted by molar-refractivity contribution is 7.07. The summed E-state index contributed by atoms with van der Waals surface area (Å²) in [6.07, 6.45) is 1.69. The van der Waals surface area contributed by atoms with Crippen molar-refractivity contribution in [2.75, 3.05) is 4.90 Å². The summed E-state index contributed by atoms with van der Waals surface area (Å²) in [5.74, 6) is -0.184. The fraction of sp³-hybridized carbons (Fsp3) is 0.167. The average molecular weight is 374 g/mol. The Kier molecular flexibility index (Phi) is 5.31. The van der Waals surface area contributed by atoms with Gasteiger partial charge in [-0.1, -0.05) is 29.0 Å². The number of benzene rings is 1. The number of pyridine rings is 1. The minimum atomic E-state index is -0.184. The second-order valence-electron chi connectivity index (χ2n) is 5.51. The van der Waals surface area contributed by atoms with Gasteiger partial charge in [-0.15, -0.1) is 0 Å². The first-order valence-corrected chi connectivity index (χ1v) is 8.91. The topological polar surface area (TPSA) is 55.2 Å². The number of carbonyl (C=O) groups is 1. The van der Waals surface area contributed by atoms with Crippen molar-refractivity contribution in [3.8, 4) is 0 Å². The van der Waals surface area contributed by atoms with Crippen LogP contribution in [-0.4, -0.2) is 15.5 Å². The van der Waals surface area contributed by atoms with Crippen LogP contribution in [0.3, 0.4) is 0 Å². The van der Waals surface area contributed by atoms with Gasteiger partial charge in [-0.3, -0.25) is 19.1 Å². The molecule has 128 valence electrons. The van der Waals surface area contributed by atoms with E-state index in [9.17, 15) is 9.59 Å². The van der Waals surface area contributed by atoms with Crippen LogP contribution in [0, 0.1) is 6.92 Å². The van der Waals surface area contributed by atoms with Crippen LogP contribution >= 0.6 is 22.9 Å². The van der Waals surface area contributed by atoms with Crippen LogP contribution in [0.5, 0.6) is 0 Å². The molecule has 0 unspecified atom stereocenters. The van der Waals surface area contributed by atoms with Gasteiger partial charge < -0.3 is 4.90 Å². The summed E-state index contributed by atoms with van der Waals surface area (Å²) >= 11 is 7.05. The van der Waals surface area contributed by atoms with Crippen molar-refractivity contribution in [2.24, 2.45) is 0 Å². The molecule has 0 bridgehead atoms. The summed E-state index contributed by atoms with van der Waals surface area (Å²) in [6.45, 7) is 2.12. The normalized spacial score (nSPS) is 10.6. The Morgan fingerprint density at radius 3 is 2.60 bits per heavy atom. The van der Waals surface area contributed by atoms with E-state index >= 15 is 0 Å². The molecule has 3 aromatic rings. The van der Waals surface area contributed by atoms with E-state index in [0.717, 1.165) is 22.7 Å². The van der Waals surface area contributed by atoms with Gasteiger partial charge in [-0.05, 0) is 43.3 Å². The zero-order valence-electron chi connectivity index (χ0n) is 13.6. The van der Waals surface area contributed by atoms with Gasteiger partial charge in [0, 0.05) is 28.0 Å². The molecule has 2 aromatic heterocycles. The zero-order chi connectivity index (χ0) is 17.8. The third-order valence-corrected chi connectivity index (χ3v) is 4.89. The summed E-state index contributed by atoms with van der Waals surface area (Å²) in [4.78, 5) is 30.6. The third-order valence-electron chi connectivity index (χ3n) is 3.76. The van der Waals surface area contributed by atoms with Crippen molar-refractivity contribution in [2.45, 2.75) is 20.0 Å². The molecule has 0 saturated carbocycles. The van der Waals surface area contributed by atoms with E-state index in [-0.39, 0.29) is 17.3 Å². The highest BCUT2D eigenvalue weighted by Gasteiger charge is 2.19. The monoisotopic (exact) mass is 373 g/mol. The lowest BCUT2D eigenvalue weighted by atomic mass is 10.2. The smallest absolute Gasteiger partial charge is 0.305 e. The van der Waals surface area contributed by atoms with E-state index in [1.165, 1.54) is 4.57 Å². The second-order valence-corrected chi connectivity index (χ2v) is 6.76. The van der Waals surface area contributed by atoms with Crippen LogP contribution in [0.15, 0.2) is 58.8 Å². The molecule has 2 heterocycles. The van der Waals surface area contributed by atoms with Crippen molar-refractivity contribution in [3.05, 3.63) is 80.1 Å². The standard InChI is InChI=1S/C18H16ClN3O2S/c1-13-12-25-18(24)21(13)11-17(23)22(10-15-4-2-3-9-20-15)16-7-5-14(19)6-8-16/h2-9,12H,10-11H2,1H3. The highest BCUT2D eigenvalue weighted by Crippen LogP contribution is 2.20. The zero-order valence-corrected chi connectivity index (χ0v) is 15.1. The van der Waals surface area contributed by atoms with E-state index in [4.69, 9.17) is 11.6 Å². The van der Waals surface area contributed by atoms with Crippen molar-refractivity contribution >= 4 is 34.5 Å². The van der Waals surface area contributed by atoms with Crippen LogP contribution < -0.4 is 9.77 Å². The summed E-state index contributed by atoms with van der Waals surface area (Å²) in [7, 11) is 0. The Balaban J connectivity index is 1.91. The SMILES string of the molecule is Cc1csc(=O)n1CC(=O)N(Cc1ccccn1)c1ccc(Cl)cc1. The van der Waals surface area contributed by atoms with E-state index in [2.05, 4.69) is 4.98 Å². The summed E-state index contributed by atoms with van der Waals surface area (Å²) in [6, 6.07) is 12.6. The first-order chi connectivity index (χ1) is 12.0. The Morgan fingerprint density at radius 1 is 1.24 bits per heavy atom. The molecule has 0 aliphatic heterocycles. The predicted octanol–water partition coefficient (Wildman–Crippen LogP) is 3.50. The Labute approximate surface area is 154 Å². The second kappa shape index (κ2) is 7.63. The van der Waals surface area contributed by atoms with Crippen molar-refractivity contribution < 1.29 is 4.79 Å². The lowest BCUT2D eigenvalue weighted by Crippen LogP contribution is -2.35. The van der Waals surface area contributed by atoms with Crippen molar-refractivity contribution in [3.63, 3.8) is 0 Å². The molecule has 1 amide bonds. The number of thiazole rings is 1. The number of rotatable bonds is 5. The largest absolute Gasteiger partial charge is 0.307 e. The number of amides is 1. The van der Waals surface area contributed by atoms with Gasteiger partial charge in [-0.2, -0.15) is 0 Å². The molecule has 0 atom stereocenters. The molecule has 1 aromatic carbocycles. The van der Waals surface area contributed by atoms with Gasteiger partial charge >= 0.3 is 4.87 Å². The van der Waals surface area contributed by atoms with E-state index < -0.39 is 0 Å². The molecule has 0 radical (unpaired) electrons. The molecule has 25 heavy (non-hydrogen) atoms. The molecule has 3 rings (SSSR count). The van der Waals surface area contributed by atoms with Gasteiger partial charge in [0.1, 0.15) is 6.54 Å². The Hall–Kier alpha value is -2.44. The number of anilines is 1. The summed E-state index contributed by atoms with van der Waals surface area (Å²) in [5.41, 5.74) is 2.25. The molecule has 0 aliphatic carbocycles. The number of aromatic nitrogens is 2. The fourth-order valence-corrected chi connectivity index (χ4v) is 3.28. The molecule has 0 aliphatic rings. The number of nitrogens with zero attached hydrogens (tertiary/aromatic N) is 3. The van der Waals surface area contributed by atoms with Crippen LogP contribution in [0.1, 0.15) is 11.4 Å². The fourth-order valence-electron chi connectivity index (χ4n) is 2.41. The summed E-state index contributed by atoms with van der Waals surface area (Å²) < 4.78 is 1.48. The number of hydrogen-bond acceptors (Lipinski definition) is 4. The van der Waals surface area contributed by atoms with E-state index in [1.807, 2.05) is 25.1 Å². The lowest BCUT2D eigenvalue weighted by molar-refractivity contribution is -0.119. The quantitative estimate of drug-likeness (QED) is 0.687. The number of carbonyl (C=O) groups excluding carboxylic acids is 1. The van der Waals surface area contributed by atoms with Crippen molar-refractivity contribution in [1.29, 1.82) is 0 Å². The summed E-state index contributed by atoms with van der Waals surface area (Å²) in [5, 5.41) is 2.35. The number of hydrogen-bond donors (Lipinski definition) is 0. The Morgan fingerprint density at radius 2 is 2.00 bits per heavy atom. The maximum atomic E-state index is 12.9. The first-order valence-electron chi connectivity index (χ1n) is 7.65. The van der Waals surface area contributed by atoms with Gasteiger partial charge in [0.2, 0.25) is 5.91 Å². The molecular weight excluding hydrogens is 358 g/mol. The van der Waals surface area contributed by atoms with E-state index in [0.29, 0.717) is 17.3 Å². The molecular formula is C18H16ClN3O2S. The molecule has 0 saturated heterocycles. The number of aryl methyl sites for hydroxylation is 1. The van der Waals surface area contributed by atoms with Crippen molar-refractivity contribution in [1.82, 2.24) is 9.55 Å². The number of halogens is 1. The van der Waals surface area contributed by atoms with Gasteiger partial charge in [0.05, 0.1) is 12.2 Å². The predicted molar refractivity (Wildman–Crippen MR) is 100 cm³/mol. The van der Waals surface area contributed by atoms with Crippen LogP contribution in [-0.2, 0) is 17.9 Å². The minimum Gasteiger partial charge on any atom is -0.305 e. The first kappa shape index (κ1) is 17.4. The molecule has 0 N–H and O–H groups in total. The van der Waals surface area contributed by atoms with Gasteiger partial charge in [0.25, 0.3) is 0 Å². The molecule has 0 spiro atoms. The molecule has 7 heteroatoms. The molecule has 0 fully saturated rings. The van der Waals surface area contributed by atoms with Crippen LogP contribution in [0.2, 0.25) is 5.02 Å². The minimum absolute atomic E-state index is 0.0103. The third kappa shape index (κ3) is 4.15. The maximum absolute atomic E-state index is 12.9. The van der Waals surface area contributed by atoms with Crippen LogP contribution in [0.4, 0.5) is 5.69 Å². The van der Waals surface area contributed by atoms with Crippen LogP contribution in [0.25, 0.3) is 0 Å². The van der Waals surface area contributed by atoms with E-state index in [1.54, 1.807) is 40.7 Å². The van der Waals surface area contributed by atoms with Gasteiger partial charge in [-0.25, -0.2) is 0 Å².